The van der Waals surface area contributed by atoms with Gasteiger partial charge in [0.25, 0.3) is 0 Å². The van der Waals surface area contributed by atoms with Gasteiger partial charge in [0.1, 0.15) is 0 Å². The van der Waals surface area contributed by atoms with Crippen molar-refractivity contribution in [3.63, 3.8) is 0 Å². The van der Waals surface area contributed by atoms with Crippen LogP contribution in [0, 0.1) is 18.3 Å². The van der Waals surface area contributed by atoms with Gasteiger partial charge in [0.15, 0.2) is 0 Å². The first-order valence-corrected chi connectivity index (χ1v) is 5.89. The monoisotopic (exact) mass is 236 g/mol. The minimum Gasteiger partial charge on any atom is -0.310 e. The van der Waals surface area contributed by atoms with E-state index in [2.05, 4.69) is 10.9 Å². The van der Waals surface area contributed by atoms with Crippen LogP contribution in [0.2, 0.25) is 0 Å². The van der Waals surface area contributed by atoms with E-state index in [4.69, 9.17) is 6.42 Å². The maximum absolute atomic E-state index is 11.9. The molecule has 2 heterocycles. The molecule has 0 bridgehead atoms. The molecule has 1 aromatic heterocycles. The maximum Gasteiger partial charge on any atom is 0.228 e. The SMILES string of the molecule is C#CC1CC(=O)N(c2cnc3ccccc3c2)C1. The zero-order chi connectivity index (χ0) is 12.5. The van der Waals surface area contributed by atoms with E-state index in [-0.39, 0.29) is 11.8 Å². The average Bonchev–Trinajstić information content (AvgIpc) is 2.79. The third-order valence-corrected chi connectivity index (χ3v) is 3.25. The topological polar surface area (TPSA) is 33.2 Å². The second-order valence-electron chi connectivity index (χ2n) is 4.46. The predicted octanol–water partition coefficient (Wildman–Crippen LogP) is 2.22. The Labute approximate surface area is 105 Å². The number of amides is 1. The lowest BCUT2D eigenvalue weighted by Gasteiger charge is -2.15. The van der Waals surface area contributed by atoms with E-state index >= 15 is 0 Å². The summed E-state index contributed by atoms with van der Waals surface area (Å²) in [6, 6.07) is 9.84. The van der Waals surface area contributed by atoms with Gasteiger partial charge in [0, 0.05) is 24.3 Å². The zero-order valence-corrected chi connectivity index (χ0v) is 9.84. The third kappa shape index (κ3) is 1.72. The van der Waals surface area contributed by atoms with Crippen molar-refractivity contribution in [1.82, 2.24) is 4.98 Å². The zero-order valence-electron chi connectivity index (χ0n) is 9.84. The average molecular weight is 236 g/mol. The number of carbonyl (C=O) groups excluding carboxylic acids is 1. The first-order valence-electron chi connectivity index (χ1n) is 5.89. The fourth-order valence-corrected chi connectivity index (χ4v) is 2.28. The van der Waals surface area contributed by atoms with E-state index in [1.165, 1.54) is 0 Å². The molecule has 3 heteroatoms. The fourth-order valence-electron chi connectivity index (χ4n) is 2.28. The van der Waals surface area contributed by atoms with Crippen LogP contribution in [-0.4, -0.2) is 17.4 Å². The molecule has 1 amide bonds. The smallest absolute Gasteiger partial charge is 0.228 e. The van der Waals surface area contributed by atoms with Crippen molar-refractivity contribution in [1.29, 1.82) is 0 Å². The van der Waals surface area contributed by atoms with E-state index < -0.39 is 0 Å². The highest BCUT2D eigenvalue weighted by Gasteiger charge is 2.29. The molecule has 1 fully saturated rings. The summed E-state index contributed by atoms with van der Waals surface area (Å²) in [5, 5.41) is 1.03. The standard InChI is InChI=1S/C15H12N2O/c1-2-11-7-15(18)17(10-11)13-8-12-5-3-4-6-14(12)16-9-13/h1,3-6,8-9,11H,7,10H2. The lowest BCUT2D eigenvalue weighted by Crippen LogP contribution is -2.24. The molecule has 1 aromatic carbocycles. The van der Waals surface area contributed by atoms with Crippen molar-refractivity contribution in [2.75, 3.05) is 11.4 Å². The number of hydrogen-bond donors (Lipinski definition) is 0. The number of benzene rings is 1. The summed E-state index contributed by atoms with van der Waals surface area (Å²) in [6.07, 6.45) is 7.55. The Morgan fingerprint density at radius 1 is 1.39 bits per heavy atom. The summed E-state index contributed by atoms with van der Waals surface area (Å²) in [7, 11) is 0. The minimum atomic E-state index is 0.0176. The van der Waals surface area contributed by atoms with Crippen LogP contribution in [0.1, 0.15) is 6.42 Å². The summed E-state index contributed by atoms with van der Waals surface area (Å²) >= 11 is 0. The molecule has 1 aliphatic rings. The molecule has 3 nitrogen and oxygen atoms in total. The van der Waals surface area contributed by atoms with Crippen LogP contribution in [0.3, 0.4) is 0 Å². The number of fused-ring (bicyclic) bond motifs is 1. The van der Waals surface area contributed by atoms with Crippen molar-refractivity contribution < 1.29 is 4.79 Å². The van der Waals surface area contributed by atoms with Crippen LogP contribution in [0.5, 0.6) is 0 Å². The van der Waals surface area contributed by atoms with E-state index in [1.807, 2.05) is 30.3 Å². The highest BCUT2D eigenvalue weighted by molar-refractivity contribution is 5.97. The number of para-hydroxylation sites is 1. The van der Waals surface area contributed by atoms with Gasteiger partial charge in [0.2, 0.25) is 5.91 Å². The molecule has 2 aromatic rings. The van der Waals surface area contributed by atoms with Crippen molar-refractivity contribution in [3.8, 4) is 12.3 Å². The summed E-state index contributed by atoms with van der Waals surface area (Å²) in [6.45, 7) is 0.593. The lowest BCUT2D eigenvalue weighted by molar-refractivity contribution is -0.117. The van der Waals surface area contributed by atoms with E-state index in [0.717, 1.165) is 16.6 Å². The quantitative estimate of drug-likeness (QED) is 0.711. The molecule has 0 saturated carbocycles. The molecular weight excluding hydrogens is 224 g/mol. The number of aromatic nitrogens is 1. The number of carbonyl (C=O) groups is 1. The number of terminal acetylenes is 1. The Morgan fingerprint density at radius 3 is 3.00 bits per heavy atom. The second kappa shape index (κ2) is 4.15. The van der Waals surface area contributed by atoms with Gasteiger partial charge >= 0.3 is 0 Å². The van der Waals surface area contributed by atoms with Crippen molar-refractivity contribution in [2.24, 2.45) is 5.92 Å². The van der Waals surface area contributed by atoms with Gasteiger partial charge in [-0.3, -0.25) is 9.78 Å². The number of rotatable bonds is 1. The van der Waals surface area contributed by atoms with Crippen LogP contribution < -0.4 is 4.90 Å². The highest BCUT2D eigenvalue weighted by Crippen LogP contribution is 2.26. The van der Waals surface area contributed by atoms with Gasteiger partial charge in [-0.05, 0) is 12.1 Å². The van der Waals surface area contributed by atoms with Crippen LogP contribution >= 0.6 is 0 Å². The van der Waals surface area contributed by atoms with Crippen LogP contribution in [0.15, 0.2) is 36.5 Å². The molecule has 1 unspecified atom stereocenters. The van der Waals surface area contributed by atoms with E-state index in [1.54, 1.807) is 11.1 Å². The Morgan fingerprint density at radius 2 is 2.22 bits per heavy atom. The van der Waals surface area contributed by atoms with Gasteiger partial charge in [-0.25, -0.2) is 0 Å². The Kier molecular flexibility index (Phi) is 2.49. The molecule has 3 rings (SSSR count). The number of hydrogen-bond acceptors (Lipinski definition) is 2. The van der Waals surface area contributed by atoms with Crippen molar-refractivity contribution in [2.45, 2.75) is 6.42 Å². The minimum absolute atomic E-state index is 0.0176. The third-order valence-electron chi connectivity index (χ3n) is 3.25. The van der Waals surface area contributed by atoms with Gasteiger partial charge in [0.05, 0.1) is 17.4 Å². The fraction of sp³-hybridized carbons (Fsp3) is 0.200. The molecule has 0 radical (unpaired) electrons. The van der Waals surface area contributed by atoms with E-state index in [0.29, 0.717) is 13.0 Å². The van der Waals surface area contributed by atoms with Crippen LogP contribution in [0.25, 0.3) is 10.9 Å². The van der Waals surface area contributed by atoms with Gasteiger partial charge in [-0.1, -0.05) is 18.2 Å². The highest BCUT2D eigenvalue weighted by atomic mass is 16.2. The molecule has 1 atom stereocenters. The first-order chi connectivity index (χ1) is 8.78. The van der Waals surface area contributed by atoms with Gasteiger partial charge in [-0.15, -0.1) is 12.3 Å². The summed E-state index contributed by atoms with van der Waals surface area (Å²) < 4.78 is 0. The second-order valence-corrected chi connectivity index (χ2v) is 4.46. The van der Waals surface area contributed by atoms with Crippen LogP contribution in [0.4, 0.5) is 5.69 Å². The van der Waals surface area contributed by atoms with Crippen LogP contribution in [-0.2, 0) is 4.79 Å². The molecular formula is C15H12N2O. The molecule has 1 aliphatic heterocycles. The molecule has 0 N–H and O–H groups in total. The first kappa shape index (κ1) is 10.8. The molecule has 88 valence electrons. The Bertz CT molecular complexity index is 657. The predicted molar refractivity (Wildman–Crippen MR) is 71.0 cm³/mol. The van der Waals surface area contributed by atoms with Gasteiger partial charge in [-0.2, -0.15) is 0 Å². The molecule has 0 aliphatic carbocycles. The Hall–Kier alpha value is -2.34. The Balaban J connectivity index is 2.00. The van der Waals surface area contributed by atoms with Crippen molar-refractivity contribution >= 4 is 22.5 Å². The lowest BCUT2D eigenvalue weighted by atomic mass is 10.1. The van der Waals surface area contributed by atoms with Crippen molar-refractivity contribution in [3.05, 3.63) is 36.5 Å². The van der Waals surface area contributed by atoms with Gasteiger partial charge < -0.3 is 4.90 Å². The largest absolute Gasteiger partial charge is 0.310 e. The van der Waals surface area contributed by atoms with E-state index in [9.17, 15) is 4.79 Å². The normalized spacial score (nSPS) is 19.2. The summed E-state index contributed by atoms with van der Waals surface area (Å²) in [4.78, 5) is 18.0. The summed E-state index contributed by atoms with van der Waals surface area (Å²) in [5.74, 6) is 2.74. The maximum atomic E-state index is 11.9. The molecule has 18 heavy (non-hydrogen) atoms. The summed E-state index contributed by atoms with van der Waals surface area (Å²) in [5.41, 5.74) is 1.76. The number of pyridine rings is 1. The number of anilines is 1. The number of nitrogens with zero attached hydrogens (tertiary/aromatic N) is 2. The molecule has 1 saturated heterocycles. The molecule has 0 spiro atoms.